The van der Waals surface area contributed by atoms with E-state index >= 15 is 0 Å². The molecule has 3 aromatic rings. The molecule has 0 spiro atoms. The number of methoxy groups -OCH3 is 1. The van der Waals surface area contributed by atoms with Gasteiger partial charge in [0.25, 0.3) is 0 Å². The second-order valence-electron chi connectivity index (χ2n) is 4.73. The maximum absolute atomic E-state index is 13.2. The minimum Gasteiger partial charge on any atom is -0.494 e. The van der Waals surface area contributed by atoms with Gasteiger partial charge in [0.15, 0.2) is 0 Å². The van der Waals surface area contributed by atoms with Gasteiger partial charge in [-0.05, 0) is 31.2 Å². The summed E-state index contributed by atoms with van der Waals surface area (Å²) in [7, 11) is 1.53. The van der Waals surface area contributed by atoms with E-state index in [0.717, 1.165) is 20.9 Å². The van der Waals surface area contributed by atoms with Crippen LogP contribution in [0, 0.1) is 5.82 Å². The van der Waals surface area contributed by atoms with Gasteiger partial charge in [-0.15, -0.1) is 11.3 Å². The molecule has 0 bridgehead atoms. The molecule has 3 rings (SSSR count). The number of thiazole rings is 1. The van der Waals surface area contributed by atoms with Crippen LogP contribution in [-0.2, 0) is 0 Å². The Kier molecular flexibility index (Phi) is 3.75. The normalized spacial score (nSPS) is 12.3. The quantitative estimate of drug-likeness (QED) is 0.763. The zero-order valence-electron chi connectivity index (χ0n) is 11.8. The monoisotopic (exact) mass is 302 g/mol. The van der Waals surface area contributed by atoms with Crippen molar-refractivity contribution in [1.29, 1.82) is 0 Å². The Hall–Kier alpha value is -2.14. The highest BCUT2D eigenvalue weighted by Gasteiger charge is 2.13. The third-order valence-corrected chi connectivity index (χ3v) is 4.44. The van der Waals surface area contributed by atoms with Crippen molar-refractivity contribution in [3.05, 3.63) is 53.3 Å². The smallest absolute Gasteiger partial charge is 0.144 e. The van der Waals surface area contributed by atoms with Crippen molar-refractivity contribution >= 4 is 27.2 Å². The molecular weight excluding hydrogens is 287 g/mol. The zero-order chi connectivity index (χ0) is 14.8. The fourth-order valence-corrected chi connectivity index (χ4v) is 3.12. The molecule has 5 heteroatoms. The lowest BCUT2D eigenvalue weighted by atomic mass is 10.2. The molecule has 108 valence electrons. The summed E-state index contributed by atoms with van der Waals surface area (Å²) in [5.74, 6) is 0.174. The van der Waals surface area contributed by atoms with Crippen LogP contribution in [0.1, 0.15) is 18.0 Å². The lowest BCUT2D eigenvalue weighted by molar-refractivity contribution is 0.412. The Morgan fingerprint density at radius 2 is 2.05 bits per heavy atom. The summed E-state index contributed by atoms with van der Waals surface area (Å²) in [6, 6.07) is 12.5. The van der Waals surface area contributed by atoms with Crippen molar-refractivity contribution in [3.63, 3.8) is 0 Å². The van der Waals surface area contributed by atoms with Gasteiger partial charge in [0.2, 0.25) is 0 Å². The van der Waals surface area contributed by atoms with Crippen LogP contribution in [0.4, 0.5) is 10.1 Å². The van der Waals surface area contributed by atoms with Gasteiger partial charge in [-0.2, -0.15) is 0 Å². The number of aromatic nitrogens is 1. The molecule has 1 heterocycles. The predicted octanol–water partition coefficient (Wildman–Crippen LogP) is 4.62. The molecule has 1 unspecified atom stereocenters. The van der Waals surface area contributed by atoms with Crippen molar-refractivity contribution in [1.82, 2.24) is 4.98 Å². The van der Waals surface area contributed by atoms with E-state index in [1.165, 1.54) is 19.2 Å². The van der Waals surface area contributed by atoms with Gasteiger partial charge in [0, 0.05) is 6.07 Å². The molecular formula is C16H15FN2OS. The molecule has 0 aliphatic rings. The second kappa shape index (κ2) is 5.69. The molecule has 1 aromatic heterocycles. The van der Waals surface area contributed by atoms with E-state index in [9.17, 15) is 4.39 Å². The number of halogens is 1. The van der Waals surface area contributed by atoms with Crippen molar-refractivity contribution in [2.75, 3.05) is 12.4 Å². The Balaban J connectivity index is 1.87. The summed E-state index contributed by atoms with van der Waals surface area (Å²) in [6.07, 6.45) is 0. The first-order chi connectivity index (χ1) is 10.2. The van der Waals surface area contributed by atoms with Gasteiger partial charge in [0.1, 0.15) is 16.6 Å². The van der Waals surface area contributed by atoms with Gasteiger partial charge in [0.05, 0.1) is 29.1 Å². The first-order valence-corrected chi connectivity index (χ1v) is 7.44. The molecule has 0 saturated carbocycles. The third kappa shape index (κ3) is 2.83. The van der Waals surface area contributed by atoms with E-state index in [-0.39, 0.29) is 11.9 Å². The van der Waals surface area contributed by atoms with Gasteiger partial charge in [-0.1, -0.05) is 12.1 Å². The number of nitrogens with one attached hydrogen (secondary N) is 1. The molecule has 0 fully saturated rings. The maximum atomic E-state index is 13.2. The highest BCUT2D eigenvalue weighted by atomic mass is 32.1. The maximum Gasteiger partial charge on any atom is 0.144 e. The van der Waals surface area contributed by atoms with Gasteiger partial charge >= 0.3 is 0 Å². The number of ether oxygens (including phenoxy) is 1. The van der Waals surface area contributed by atoms with E-state index in [1.54, 1.807) is 17.4 Å². The Morgan fingerprint density at radius 3 is 2.81 bits per heavy atom. The summed E-state index contributed by atoms with van der Waals surface area (Å²) < 4.78 is 19.6. The summed E-state index contributed by atoms with van der Waals surface area (Å²) in [5, 5.41) is 4.31. The number of hydrogen-bond acceptors (Lipinski definition) is 4. The Morgan fingerprint density at radius 1 is 1.24 bits per heavy atom. The van der Waals surface area contributed by atoms with Gasteiger partial charge in [-0.25, -0.2) is 9.37 Å². The van der Waals surface area contributed by atoms with Crippen LogP contribution in [-0.4, -0.2) is 12.1 Å². The predicted molar refractivity (Wildman–Crippen MR) is 84.6 cm³/mol. The first kappa shape index (κ1) is 13.8. The number of nitrogens with zero attached hydrogens (tertiary/aromatic N) is 1. The van der Waals surface area contributed by atoms with Crippen molar-refractivity contribution in [2.24, 2.45) is 0 Å². The Bertz CT molecular complexity index is 739. The van der Waals surface area contributed by atoms with Crippen LogP contribution in [0.2, 0.25) is 0 Å². The van der Waals surface area contributed by atoms with Crippen molar-refractivity contribution in [3.8, 4) is 5.75 Å². The van der Waals surface area contributed by atoms with E-state index in [2.05, 4.69) is 16.4 Å². The third-order valence-electron chi connectivity index (χ3n) is 3.22. The largest absolute Gasteiger partial charge is 0.494 e. The standard InChI is InChI=1S/C16H15FN2OS/c1-10(16-19-13-5-3-4-6-15(13)21-16)18-12-8-7-11(17)9-14(12)20-2/h3-10,18H,1-2H3. The number of hydrogen-bond donors (Lipinski definition) is 1. The number of para-hydroxylation sites is 1. The van der Waals surface area contributed by atoms with Crippen LogP contribution < -0.4 is 10.1 Å². The minimum atomic E-state index is -0.315. The average molecular weight is 302 g/mol. The number of rotatable bonds is 4. The molecule has 1 atom stereocenters. The number of anilines is 1. The van der Waals surface area contributed by atoms with E-state index in [1.807, 2.05) is 25.1 Å². The molecule has 3 nitrogen and oxygen atoms in total. The first-order valence-electron chi connectivity index (χ1n) is 6.63. The summed E-state index contributed by atoms with van der Waals surface area (Å²) in [6.45, 7) is 2.03. The van der Waals surface area contributed by atoms with Crippen molar-refractivity contribution in [2.45, 2.75) is 13.0 Å². The lowest BCUT2D eigenvalue weighted by Gasteiger charge is -2.15. The minimum absolute atomic E-state index is 0.0155. The number of fused-ring (bicyclic) bond motifs is 1. The summed E-state index contributed by atoms with van der Waals surface area (Å²) in [5.41, 5.74) is 1.75. The van der Waals surface area contributed by atoms with Gasteiger partial charge in [-0.3, -0.25) is 0 Å². The Labute approximate surface area is 126 Å². The zero-order valence-corrected chi connectivity index (χ0v) is 12.6. The summed E-state index contributed by atoms with van der Waals surface area (Å²) in [4.78, 5) is 4.62. The van der Waals surface area contributed by atoms with E-state index in [0.29, 0.717) is 5.75 Å². The molecule has 0 aliphatic carbocycles. The lowest BCUT2D eigenvalue weighted by Crippen LogP contribution is -2.07. The molecule has 1 N–H and O–H groups in total. The fraction of sp³-hybridized carbons (Fsp3) is 0.188. The van der Waals surface area contributed by atoms with Crippen LogP contribution in [0.15, 0.2) is 42.5 Å². The van der Waals surface area contributed by atoms with Crippen LogP contribution in [0.3, 0.4) is 0 Å². The van der Waals surface area contributed by atoms with Gasteiger partial charge < -0.3 is 10.1 Å². The van der Waals surface area contributed by atoms with Crippen LogP contribution >= 0.6 is 11.3 Å². The average Bonchev–Trinajstić information content (AvgIpc) is 2.93. The fourth-order valence-electron chi connectivity index (χ4n) is 2.15. The summed E-state index contributed by atoms with van der Waals surface area (Å²) >= 11 is 1.65. The SMILES string of the molecule is COc1cc(F)ccc1NC(C)c1nc2ccccc2s1. The molecule has 0 saturated heterocycles. The highest BCUT2D eigenvalue weighted by molar-refractivity contribution is 7.18. The molecule has 0 radical (unpaired) electrons. The molecule has 21 heavy (non-hydrogen) atoms. The van der Waals surface area contributed by atoms with E-state index < -0.39 is 0 Å². The van der Waals surface area contributed by atoms with Crippen molar-refractivity contribution < 1.29 is 9.13 Å². The van der Waals surface area contributed by atoms with E-state index in [4.69, 9.17) is 4.74 Å². The van der Waals surface area contributed by atoms with Crippen LogP contribution in [0.25, 0.3) is 10.2 Å². The van der Waals surface area contributed by atoms with Crippen LogP contribution in [0.5, 0.6) is 5.75 Å². The topological polar surface area (TPSA) is 34.1 Å². The molecule has 0 aliphatic heterocycles. The second-order valence-corrected chi connectivity index (χ2v) is 5.79. The molecule has 0 amide bonds. The number of benzene rings is 2. The highest BCUT2D eigenvalue weighted by Crippen LogP contribution is 2.32. The molecule has 2 aromatic carbocycles.